The highest BCUT2D eigenvalue weighted by Gasteiger charge is 2.44. The zero-order valence-electron chi connectivity index (χ0n) is 13.6. The molecule has 1 rings (SSSR count). The number of hydrogen-bond acceptors (Lipinski definition) is 9. The molecule has 0 aromatic carbocycles. The van der Waals surface area contributed by atoms with Gasteiger partial charge in [-0.2, -0.15) is 0 Å². The first kappa shape index (κ1) is 21.2. The van der Waals surface area contributed by atoms with Crippen molar-refractivity contribution in [3.8, 4) is 0 Å². The maximum Gasteiger partial charge on any atom is 0.220 e. The summed E-state index contributed by atoms with van der Waals surface area (Å²) in [5, 5.41) is 60.2. The Morgan fingerprint density at radius 2 is 1.83 bits per heavy atom. The number of amides is 1. The summed E-state index contributed by atoms with van der Waals surface area (Å²) in [6.45, 7) is 2.01. The third kappa shape index (κ3) is 5.33. The van der Waals surface area contributed by atoms with Gasteiger partial charge in [0.2, 0.25) is 5.91 Å². The van der Waals surface area contributed by atoms with Gasteiger partial charge < -0.3 is 45.4 Å². The number of aliphatic hydroxyl groups is 6. The molecule has 10 heteroatoms. The van der Waals surface area contributed by atoms with Gasteiger partial charge in [0.05, 0.1) is 25.4 Å². The predicted molar refractivity (Wildman–Crippen MR) is 79.6 cm³/mol. The minimum absolute atomic E-state index is 0.156. The molecule has 24 heavy (non-hydrogen) atoms. The lowest BCUT2D eigenvalue weighted by Gasteiger charge is -2.40. The van der Waals surface area contributed by atoms with Gasteiger partial charge in [-0.05, 0) is 6.92 Å². The molecular formula is C14H27NO9. The van der Waals surface area contributed by atoms with E-state index >= 15 is 0 Å². The van der Waals surface area contributed by atoms with Crippen LogP contribution >= 0.6 is 0 Å². The van der Waals surface area contributed by atoms with Gasteiger partial charge in [0.1, 0.15) is 30.5 Å². The number of carbonyl (C=O) groups is 1. The van der Waals surface area contributed by atoms with Crippen molar-refractivity contribution in [2.45, 2.75) is 69.2 Å². The van der Waals surface area contributed by atoms with Crippen LogP contribution in [0.2, 0.25) is 0 Å². The van der Waals surface area contributed by atoms with Gasteiger partial charge in [0.15, 0.2) is 6.29 Å². The van der Waals surface area contributed by atoms with Crippen LogP contribution in [0.15, 0.2) is 0 Å². The number of carbonyl (C=O) groups excluding carboxylic acids is 1. The average molecular weight is 353 g/mol. The summed E-state index contributed by atoms with van der Waals surface area (Å²) in [4.78, 5) is 11.5. The molecule has 142 valence electrons. The lowest BCUT2D eigenvalue weighted by atomic mass is 9.99. The highest BCUT2D eigenvalue weighted by Crippen LogP contribution is 2.22. The summed E-state index contributed by atoms with van der Waals surface area (Å²) in [6, 6.07) is -0.982. The van der Waals surface area contributed by atoms with E-state index in [1.165, 1.54) is 6.92 Å². The third-order valence-electron chi connectivity index (χ3n) is 3.86. The molecule has 0 radical (unpaired) electrons. The first-order valence-electron chi connectivity index (χ1n) is 7.80. The molecule has 0 aromatic heterocycles. The Bertz CT molecular complexity index is 392. The molecule has 10 nitrogen and oxygen atoms in total. The molecular weight excluding hydrogens is 326 g/mol. The molecule has 7 N–H and O–H groups in total. The second-order valence-corrected chi connectivity index (χ2v) is 5.79. The molecule has 1 heterocycles. The van der Waals surface area contributed by atoms with Crippen molar-refractivity contribution in [2.75, 3.05) is 13.2 Å². The Morgan fingerprint density at radius 3 is 2.33 bits per heavy atom. The van der Waals surface area contributed by atoms with Crippen LogP contribution in [0.1, 0.15) is 20.3 Å². The van der Waals surface area contributed by atoms with Gasteiger partial charge in [-0.3, -0.25) is 4.79 Å². The summed E-state index contributed by atoms with van der Waals surface area (Å²) < 4.78 is 10.4. The van der Waals surface area contributed by atoms with Gasteiger partial charge >= 0.3 is 0 Å². The first-order chi connectivity index (χ1) is 11.2. The highest BCUT2D eigenvalue weighted by molar-refractivity contribution is 5.75. The maximum atomic E-state index is 11.5. The van der Waals surface area contributed by atoms with E-state index in [2.05, 4.69) is 5.32 Å². The number of ether oxygens (including phenoxy) is 2. The van der Waals surface area contributed by atoms with Crippen LogP contribution < -0.4 is 5.32 Å². The highest BCUT2D eigenvalue weighted by atomic mass is 16.7. The Labute approximate surface area is 139 Å². The van der Waals surface area contributed by atoms with E-state index in [1.807, 2.05) is 0 Å². The molecule has 0 aliphatic carbocycles. The number of hydrogen-bond donors (Lipinski definition) is 7. The Morgan fingerprint density at radius 1 is 1.21 bits per heavy atom. The van der Waals surface area contributed by atoms with Crippen LogP contribution in [-0.4, -0.2) is 98.7 Å². The van der Waals surface area contributed by atoms with Crippen LogP contribution in [0.3, 0.4) is 0 Å². The fraction of sp³-hybridized carbons (Fsp3) is 0.929. The van der Waals surface area contributed by atoms with E-state index in [0.717, 1.165) is 0 Å². The van der Waals surface area contributed by atoms with E-state index in [1.54, 1.807) is 6.92 Å². The largest absolute Gasteiger partial charge is 0.394 e. The third-order valence-corrected chi connectivity index (χ3v) is 3.86. The zero-order chi connectivity index (χ0) is 18.4. The van der Waals surface area contributed by atoms with E-state index in [-0.39, 0.29) is 18.9 Å². The lowest BCUT2D eigenvalue weighted by molar-refractivity contribution is -0.303. The Balaban J connectivity index is 2.71. The SMILES string of the molecule is CCC(=O)N[C@@H](CO[C@H]1OC(CO)[C@H](O)C(O)C1O)[C@H](O)[C@@H](C)O. The van der Waals surface area contributed by atoms with Crippen LogP contribution in [0, 0.1) is 0 Å². The van der Waals surface area contributed by atoms with Gasteiger partial charge in [-0.15, -0.1) is 0 Å². The van der Waals surface area contributed by atoms with E-state index in [9.17, 15) is 30.3 Å². The molecule has 1 saturated heterocycles. The Kier molecular flexibility index (Phi) is 8.46. The Hall–Kier alpha value is -0.850. The lowest BCUT2D eigenvalue weighted by Crippen LogP contribution is -2.60. The minimum Gasteiger partial charge on any atom is -0.394 e. The number of rotatable bonds is 8. The summed E-state index contributed by atoms with van der Waals surface area (Å²) >= 11 is 0. The van der Waals surface area contributed by atoms with Gasteiger partial charge in [-0.1, -0.05) is 6.92 Å². The molecule has 8 atom stereocenters. The van der Waals surface area contributed by atoms with Crippen LogP contribution in [0.4, 0.5) is 0 Å². The van der Waals surface area contributed by atoms with E-state index in [0.29, 0.717) is 0 Å². The molecule has 1 fully saturated rings. The second-order valence-electron chi connectivity index (χ2n) is 5.79. The van der Waals surface area contributed by atoms with Crippen LogP contribution in [0.5, 0.6) is 0 Å². The summed E-state index contributed by atoms with van der Waals surface area (Å²) in [5.41, 5.74) is 0. The smallest absolute Gasteiger partial charge is 0.220 e. The fourth-order valence-electron chi connectivity index (χ4n) is 2.27. The average Bonchev–Trinajstić information content (AvgIpc) is 2.56. The quantitative estimate of drug-likeness (QED) is 0.233. The standard InChI is InChI=1S/C14H27NO9/c1-3-9(18)15-7(10(19)6(2)17)5-23-14-13(22)12(21)11(20)8(4-16)24-14/h6-8,10-14,16-17,19-22H,3-5H2,1-2H3,(H,15,18)/t6-,7+,8?,10-,11+,12?,13?,14+/m1/s1. The molecule has 0 saturated carbocycles. The molecule has 0 bridgehead atoms. The van der Waals surface area contributed by atoms with Crippen molar-refractivity contribution in [3.63, 3.8) is 0 Å². The van der Waals surface area contributed by atoms with E-state index in [4.69, 9.17) is 14.6 Å². The van der Waals surface area contributed by atoms with Crippen LogP contribution in [-0.2, 0) is 14.3 Å². The van der Waals surface area contributed by atoms with Gasteiger partial charge in [-0.25, -0.2) is 0 Å². The normalized spacial score (nSPS) is 34.4. The van der Waals surface area contributed by atoms with Crippen molar-refractivity contribution in [1.29, 1.82) is 0 Å². The van der Waals surface area contributed by atoms with Crippen molar-refractivity contribution >= 4 is 5.91 Å². The van der Waals surface area contributed by atoms with Crippen LogP contribution in [0.25, 0.3) is 0 Å². The number of aliphatic hydroxyl groups excluding tert-OH is 6. The molecule has 1 amide bonds. The second kappa shape index (κ2) is 9.59. The summed E-state index contributed by atoms with van der Waals surface area (Å²) in [6.07, 6.45) is -9.52. The molecule has 1 aliphatic heterocycles. The number of nitrogens with one attached hydrogen (secondary N) is 1. The predicted octanol–water partition coefficient (Wildman–Crippen LogP) is -3.56. The molecule has 0 aromatic rings. The van der Waals surface area contributed by atoms with Crippen molar-refractivity contribution in [1.82, 2.24) is 5.32 Å². The minimum atomic E-state index is -1.59. The molecule has 0 spiro atoms. The summed E-state index contributed by atoms with van der Waals surface area (Å²) in [5.74, 6) is -0.378. The van der Waals surface area contributed by atoms with Gasteiger partial charge in [0, 0.05) is 6.42 Å². The van der Waals surface area contributed by atoms with Crippen molar-refractivity contribution in [2.24, 2.45) is 0 Å². The topological polar surface area (TPSA) is 169 Å². The monoisotopic (exact) mass is 353 g/mol. The van der Waals surface area contributed by atoms with Crippen molar-refractivity contribution in [3.05, 3.63) is 0 Å². The van der Waals surface area contributed by atoms with E-state index < -0.39 is 55.6 Å². The molecule has 3 unspecified atom stereocenters. The summed E-state index contributed by atoms with van der Waals surface area (Å²) in [7, 11) is 0. The first-order valence-corrected chi connectivity index (χ1v) is 7.80. The van der Waals surface area contributed by atoms with Gasteiger partial charge in [0.25, 0.3) is 0 Å². The maximum absolute atomic E-state index is 11.5. The zero-order valence-corrected chi connectivity index (χ0v) is 13.6. The van der Waals surface area contributed by atoms with Crippen molar-refractivity contribution < 1.29 is 44.9 Å². The molecule has 1 aliphatic rings. The fourth-order valence-corrected chi connectivity index (χ4v) is 2.27.